The van der Waals surface area contributed by atoms with Gasteiger partial charge in [0.15, 0.2) is 5.13 Å². The Morgan fingerprint density at radius 1 is 1.29 bits per heavy atom. The van der Waals surface area contributed by atoms with Gasteiger partial charge in [0.25, 0.3) is 0 Å². The Balaban J connectivity index is 1.74. The summed E-state index contributed by atoms with van der Waals surface area (Å²) in [6.07, 6.45) is 0.186. The Kier molecular flexibility index (Phi) is 3.77. The summed E-state index contributed by atoms with van der Waals surface area (Å²) in [5, 5.41) is 13.3. The third-order valence-corrected chi connectivity index (χ3v) is 4.04. The van der Waals surface area contributed by atoms with E-state index in [1.54, 1.807) is 30.3 Å². The summed E-state index contributed by atoms with van der Waals surface area (Å²) < 4.78 is 0.926. The highest BCUT2D eigenvalue weighted by molar-refractivity contribution is 7.22. The van der Waals surface area contributed by atoms with Crippen molar-refractivity contribution in [1.29, 1.82) is 0 Å². The molecule has 21 heavy (non-hydrogen) atoms. The highest BCUT2D eigenvalue weighted by Gasteiger charge is 2.09. The van der Waals surface area contributed by atoms with Crippen LogP contribution in [0.25, 0.3) is 10.2 Å². The van der Waals surface area contributed by atoms with E-state index >= 15 is 0 Å². The molecule has 1 amide bonds. The first kappa shape index (κ1) is 13.9. The van der Waals surface area contributed by atoms with E-state index in [-0.39, 0.29) is 18.1 Å². The predicted octanol–water partition coefficient (Wildman–Crippen LogP) is 3.84. The number of amides is 1. The Hall–Kier alpha value is -2.11. The fourth-order valence-corrected chi connectivity index (χ4v) is 3.13. The number of carbonyl (C=O) groups excluding carboxylic acids is 1. The third-order valence-electron chi connectivity index (χ3n) is 2.87. The van der Waals surface area contributed by atoms with Gasteiger partial charge >= 0.3 is 0 Å². The minimum Gasteiger partial charge on any atom is -0.508 e. The largest absolute Gasteiger partial charge is 0.508 e. The Morgan fingerprint density at radius 2 is 2.14 bits per heavy atom. The average Bonchev–Trinajstić information content (AvgIpc) is 2.79. The van der Waals surface area contributed by atoms with Crippen molar-refractivity contribution in [3.63, 3.8) is 0 Å². The van der Waals surface area contributed by atoms with Crippen molar-refractivity contribution in [3.8, 4) is 5.75 Å². The van der Waals surface area contributed by atoms with Gasteiger partial charge in [-0.2, -0.15) is 0 Å². The summed E-state index contributed by atoms with van der Waals surface area (Å²) in [6, 6.07) is 12.0. The van der Waals surface area contributed by atoms with Crippen LogP contribution in [0.1, 0.15) is 5.56 Å². The number of rotatable bonds is 3. The number of nitrogens with one attached hydrogen (secondary N) is 1. The van der Waals surface area contributed by atoms with E-state index in [0.29, 0.717) is 10.2 Å². The van der Waals surface area contributed by atoms with Gasteiger partial charge in [-0.1, -0.05) is 35.1 Å². The van der Waals surface area contributed by atoms with Gasteiger partial charge in [0.1, 0.15) is 5.75 Å². The summed E-state index contributed by atoms with van der Waals surface area (Å²) >= 11 is 7.30. The molecule has 2 N–H and O–H groups in total. The van der Waals surface area contributed by atoms with Crippen molar-refractivity contribution in [2.75, 3.05) is 5.32 Å². The van der Waals surface area contributed by atoms with Gasteiger partial charge in [0.05, 0.1) is 16.6 Å². The van der Waals surface area contributed by atoms with Gasteiger partial charge < -0.3 is 10.4 Å². The van der Waals surface area contributed by atoms with Gasteiger partial charge in [-0.05, 0) is 35.9 Å². The van der Waals surface area contributed by atoms with Crippen LogP contribution in [0.5, 0.6) is 5.75 Å². The standard InChI is InChI=1S/C15H11ClN2O2S/c16-10-4-5-12-13(8-10)21-15(17-12)18-14(20)7-9-2-1-3-11(19)6-9/h1-6,8,19H,7H2,(H,17,18,20). The number of carbonyl (C=O) groups is 1. The first-order valence-electron chi connectivity index (χ1n) is 6.24. The second kappa shape index (κ2) is 5.71. The van der Waals surface area contributed by atoms with Crippen molar-refractivity contribution >= 4 is 44.2 Å². The Bertz CT molecular complexity index is 816. The molecule has 0 unspecified atom stereocenters. The summed E-state index contributed by atoms with van der Waals surface area (Å²) in [5.74, 6) is -0.0271. The number of hydrogen-bond donors (Lipinski definition) is 2. The molecule has 6 heteroatoms. The molecule has 0 bridgehead atoms. The second-order valence-corrected chi connectivity index (χ2v) is 5.99. The highest BCUT2D eigenvalue weighted by Crippen LogP contribution is 2.28. The van der Waals surface area contributed by atoms with Gasteiger partial charge in [-0.15, -0.1) is 0 Å². The van der Waals surface area contributed by atoms with Crippen LogP contribution in [0.2, 0.25) is 5.02 Å². The first-order valence-corrected chi connectivity index (χ1v) is 7.43. The van der Waals surface area contributed by atoms with Gasteiger partial charge in [0.2, 0.25) is 5.91 Å². The zero-order valence-corrected chi connectivity index (χ0v) is 12.4. The topological polar surface area (TPSA) is 62.2 Å². The van der Waals surface area contributed by atoms with Gasteiger partial charge in [0, 0.05) is 5.02 Å². The maximum Gasteiger partial charge on any atom is 0.230 e. The normalized spacial score (nSPS) is 10.7. The van der Waals surface area contributed by atoms with Gasteiger partial charge in [-0.25, -0.2) is 4.98 Å². The quantitative estimate of drug-likeness (QED) is 0.771. The zero-order chi connectivity index (χ0) is 14.8. The van der Waals surface area contributed by atoms with Crippen molar-refractivity contribution < 1.29 is 9.90 Å². The lowest BCUT2D eigenvalue weighted by Crippen LogP contribution is -2.14. The van der Waals surface area contributed by atoms with Crippen molar-refractivity contribution in [3.05, 3.63) is 53.1 Å². The molecule has 0 atom stereocenters. The summed E-state index contributed by atoms with van der Waals surface area (Å²) in [5.41, 5.74) is 1.55. The molecule has 1 aromatic heterocycles. The predicted molar refractivity (Wildman–Crippen MR) is 85.1 cm³/mol. The highest BCUT2D eigenvalue weighted by atomic mass is 35.5. The summed E-state index contributed by atoms with van der Waals surface area (Å²) in [6.45, 7) is 0. The van der Waals surface area contributed by atoms with Crippen LogP contribution >= 0.6 is 22.9 Å². The number of aromatic hydroxyl groups is 1. The number of phenols is 1. The molecule has 0 aliphatic carbocycles. The molecular formula is C15H11ClN2O2S. The number of benzene rings is 2. The number of aromatic nitrogens is 1. The number of anilines is 1. The minimum absolute atomic E-state index is 0.148. The molecule has 0 fully saturated rings. The molecule has 2 aromatic carbocycles. The van der Waals surface area contributed by atoms with E-state index in [9.17, 15) is 9.90 Å². The lowest BCUT2D eigenvalue weighted by molar-refractivity contribution is -0.115. The monoisotopic (exact) mass is 318 g/mol. The summed E-state index contributed by atoms with van der Waals surface area (Å²) in [4.78, 5) is 16.3. The van der Waals surface area contributed by atoms with E-state index in [0.717, 1.165) is 15.8 Å². The van der Waals surface area contributed by atoms with Crippen molar-refractivity contribution in [2.45, 2.75) is 6.42 Å². The summed E-state index contributed by atoms with van der Waals surface area (Å²) in [7, 11) is 0. The van der Waals surface area contributed by atoms with Crippen LogP contribution in [-0.2, 0) is 11.2 Å². The van der Waals surface area contributed by atoms with E-state index in [2.05, 4.69) is 10.3 Å². The number of fused-ring (bicyclic) bond motifs is 1. The number of thiazole rings is 1. The van der Waals surface area contributed by atoms with E-state index < -0.39 is 0 Å². The second-order valence-electron chi connectivity index (χ2n) is 4.53. The SMILES string of the molecule is O=C(Cc1cccc(O)c1)Nc1nc2ccc(Cl)cc2s1. The van der Waals surface area contributed by atoms with Crippen LogP contribution in [0.3, 0.4) is 0 Å². The van der Waals surface area contributed by atoms with E-state index in [1.165, 1.54) is 11.3 Å². The number of hydrogen-bond acceptors (Lipinski definition) is 4. The molecule has 0 aliphatic heterocycles. The molecule has 0 spiro atoms. The molecule has 3 aromatic rings. The van der Waals surface area contributed by atoms with Crippen LogP contribution < -0.4 is 5.32 Å². The molecule has 3 rings (SSSR count). The maximum absolute atomic E-state index is 12.0. The fraction of sp³-hybridized carbons (Fsp3) is 0.0667. The van der Waals surface area contributed by atoms with Crippen molar-refractivity contribution in [1.82, 2.24) is 4.98 Å². The molecule has 0 saturated carbocycles. The van der Waals surface area contributed by atoms with E-state index in [4.69, 9.17) is 11.6 Å². The smallest absolute Gasteiger partial charge is 0.230 e. The molecular weight excluding hydrogens is 308 g/mol. The molecule has 0 saturated heterocycles. The first-order chi connectivity index (χ1) is 10.1. The Labute approximate surface area is 130 Å². The lowest BCUT2D eigenvalue weighted by Gasteiger charge is -2.02. The molecule has 0 radical (unpaired) electrons. The molecule has 106 valence electrons. The zero-order valence-electron chi connectivity index (χ0n) is 10.8. The number of nitrogens with zero attached hydrogens (tertiary/aromatic N) is 1. The van der Waals surface area contributed by atoms with Crippen LogP contribution in [0.15, 0.2) is 42.5 Å². The lowest BCUT2D eigenvalue weighted by atomic mass is 10.1. The van der Waals surface area contributed by atoms with Crippen LogP contribution in [0, 0.1) is 0 Å². The number of halogens is 1. The number of phenolic OH excluding ortho intramolecular Hbond substituents is 1. The average molecular weight is 319 g/mol. The van der Waals surface area contributed by atoms with E-state index in [1.807, 2.05) is 12.1 Å². The molecule has 1 heterocycles. The van der Waals surface area contributed by atoms with Crippen molar-refractivity contribution in [2.24, 2.45) is 0 Å². The Morgan fingerprint density at radius 3 is 2.95 bits per heavy atom. The third kappa shape index (κ3) is 3.32. The fourth-order valence-electron chi connectivity index (χ4n) is 1.97. The maximum atomic E-state index is 12.0. The minimum atomic E-state index is -0.175. The van der Waals surface area contributed by atoms with Gasteiger partial charge in [-0.3, -0.25) is 4.79 Å². The molecule has 4 nitrogen and oxygen atoms in total. The van der Waals surface area contributed by atoms with Crippen LogP contribution in [0.4, 0.5) is 5.13 Å². The van der Waals surface area contributed by atoms with Crippen LogP contribution in [-0.4, -0.2) is 16.0 Å². The molecule has 0 aliphatic rings.